The number of rotatable bonds is 15. The number of carboxylic acid groups (broad SMARTS) is 1. The van der Waals surface area contributed by atoms with Gasteiger partial charge in [0.2, 0.25) is 0 Å². The van der Waals surface area contributed by atoms with E-state index in [0.29, 0.717) is 5.78 Å². The third-order valence-electron chi connectivity index (χ3n) is 3.87. The Hall–Kier alpha value is -1.12. The van der Waals surface area contributed by atoms with Crippen molar-refractivity contribution in [1.82, 2.24) is 0 Å². The summed E-state index contributed by atoms with van der Waals surface area (Å²) in [6.45, 7) is 6.08. The third kappa shape index (κ3) is 29.0. The summed E-state index contributed by atoms with van der Waals surface area (Å²) in [5.74, 6) is -0.510. The zero-order valence-corrected chi connectivity index (χ0v) is 16.3. The molecule has 0 aliphatic carbocycles. The quantitative estimate of drug-likeness (QED) is 0.266. The second-order valence-corrected chi connectivity index (χ2v) is 6.52. The molecular weight excluding hydrogens is 300 g/mol. The van der Waals surface area contributed by atoms with Gasteiger partial charge in [-0.3, -0.25) is 0 Å². The molecule has 142 valence electrons. The summed E-state index contributed by atoms with van der Waals surface area (Å²) < 4.78 is 0. The first-order valence-electron chi connectivity index (χ1n) is 9.93. The molecule has 0 atom stereocenters. The smallest absolute Gasteiger partial charge is 0.327 e. The molecule has 3 heteroatoms. The number of allylic oxidation sites excluding steroid dienone is 1. The molecule has 0 spiro atoms. The van der Waals surface area contributed by atoms with E-state index in [1.807, 2.05) is 0 Å². The molecular formula is C21H40O3. The normalized spacial score (nSPS) is 10.5. The third-order valence-corrected chi connectivity index (χ3v) is 3.87. The van der Waals surface area contributed by atoms with Crippen molar-refractivity contribution in [1.29, 1.82) is 0 Å². The Kier molecular flexibility index (Phi) is 22.9. The molecule has 0 aliphatic rings. The van der Waals surface area contributed by atoms with Gasteiger partial charge in [-0.25, -0.2) is 4.79 Å². The fourth-order valence-corrected chi connectivity index (χ4v) is 2.38. The van der Waals surface area contributed by atoms with Crippen molar-refractivity contribution >= 4 is 11.8 Å². The Morgan fingerprint density at radius 2 is 1.21 bits per heavy atom. The van der Waals surface area contributed by atoms with Crippen LogP contribution in [0.4, 0.5) is 0 Å². The largest absolute Gasteiger partial charge is 0.478 e. The maximum atomic E-state index is 10.5. The average Bonchev–Trinajstić information content (AvgIpc) is 2.53. The van der Waals surface area contributed by atoms with Gasteiger partial charge in [0.1, 0.15) is 5.78 Å². The van der Waals surface area contributed by atoms with Gasteiger partial charge in [0.05, 0.1) is 0 Å². The van der Waals surface area contributed by atoms with E-state index in [9.17, 15) is 9.59 Å². The zero-order valence-electron chi connectivity index (χ0n) is 16.3. The highest BCUT2D eigenvalue weighted by Gasteiger charge is 1.92. The number of carboxylic acids is 1. The van der Waals surface area contributed by atoms with Crippen LogP contribution in [0.25, 0.3) is 0 Å². The van der Waals surface area contributed by atoms with Crippen LogP contribution in [0.1, 0.15) is 111 Å². The van der Waals surface area contributed by atoms with E-state index >= 15 is 0 Å². The maximum absolute atomic E-state index is 10.5. The highest BCUT2D eigenvalue weighted by atomic mass is 16.4. The Labute approximate surface area is 149 Å². The minimum Gasteiger partial charge on any atom is -0.478 e. The van der Waals surface area contributed by atoms with E-state index in [1.165, 1.54) is 70.3 Å². The lowest BCUT2D eigenvalue weighted by Crippen LogP contribution is -1.88. The topological polar surface area (TPSA) is 54.4 Å². The van der Waals surface area contributed by atoms with Crippen molar-refractivity contribution in [2.24, 2.45) is 0 Å². The van der Waals surface area contributed by atoms with Crippen LogP contribution < -0.4 is 0 Å². The van der Waals surface area contributed by atoms with Crippen molar-refractivity contribution < 1.29 is 14.7 Å². The fourth-order valence-electron chi connectivity index (χ4n) is 2.38. The van der Waals surface area contributed by atoms with Crippen LogP contribution in [0.3, 0.4) is 0 Å². The van der Waals surface area contributed by atoms with Gasteiger partial charge in [-0.2, -0.15) is 0 Å². The summed E-state index contributed by atoms with van der Waals surface area (Å²) in [5, 5.41) is 8.33. The first-order chi connectivity index (χ1) is 11.5. The molecule has 0 unspecified atom stereocenters. The van der Waals surface area contributed by atoms with Crippen molar-refractivity contribution in [2.75, 3.05) is 0 Å². The summed E-state index contributed by atoms with van der Waals surface area (Å²) in [5.41, 5.74) is 0. The van der Waals surface area contributed by atoms with Gasteiger partial charge in [0.15, 0.2) is 0 Å². The predicted molar refractivity (Wildman–Crippen MR) is 103 cm³/mol. The Balaban J connectivity index is 0. The van der Waals surface area contributed by atoms with Gasteiger partial charge in [0, 0.05) is 12.5 Å². The van der Waals surface area contributed by atoms with Gasteiger partial charge < -0.3 is 9.90 Å². The van der Waals surface area contributed by atoms with Crippen molar-refractivity contribution in [3.05, 3.63) is 12.2 Å². The predicted octanol–water partition coefficient (Wildman–Crippen LogP) is 6.70. The molecule has 0 rings (SSSR count). The van der Waals surface area contributed by atoms with E-state index < -0.39 is 5.97 Å². The molecule has 0 radical (unpaired) electrons. The number of carbonyl (C=O) groups excluding carboxylic acids is 1. The Bertz CT molecular complexity index is 308. The second-order valence-electron chi connectivity index (χ2n) is 6.52. The monoisotopic (exact) mass is 340 g/mol. The van der Waals surface area contributed by atoms with E-state index in [4.69, 9.17) is 5.11 Å². The molecule has 0 saturated carbocycles. The van der Waals surface area contributed by atoms with Gasteiger partial charge in [-0.1, -0.05) is 84.1 Å². The Morgan fingerprint density at radius 1 is 0.750 bits per heavy atom. The molecule has 0 amide bonds. The van der Waals surface area contributed by atoms with Crippen LogP contribution in [0.15, 0.2) is 12.2 Å². The number of hydrogen-bond acceptors (Lipinski definition) is 2. The fraction of sp³-hybridized carbons (Fsp3) is 0.810. The molecule has 1 N–H and O–H groups in total. The van der Waals surface area contributed by atoms with Gasteiger partial charge >= 0.3 is 5.97 Å². The summed E-state index contributed by atoms with van der Waals surface area (Å²) >= 11 is 0. The standard InChI is InChI=1S/C12H22O2.C9H18O/c1-2-3-4-5-6-7-8-9-10-11-12(13)14;1-3-4-5-6-7-8-9(2)10/h10-11H,2-9H2,1H3,(H,13,14);3-8H2,1-2H3. The number of carbonyl (C=O) groups is 2. The van der Waals surface area contributed by atoms with Crippen molar-refractivity contribution in [2.45, 2.75) is 111 Å². The van der Waals surface area contributed by atoms with Crippen LogP contribution in [0.5, 0.6) is 0 Å². The number of Topliss-reactive ketones (excluding diaryl/α,β-unsaturated/α-hetero) is 1. The maximum Gasteiger partial charge on any atom is 0.327 e. The van der Waals surface area contributed by atoms with Crippen LogP contribution >= 0.6 is 0 Å². The first kappa shape index (κ1) is 25.1. The molecule has 0 heterocycles. The van der Waals surface area contributed by atoms with Crippen LogP contribution in [-0.2, 0) is 9.59 Å². The minimum absolute atomic E-state index is 0.330. The lowest BCUT2D eigenvalue weighted by molar-refractivity contribution is -0.131. The van der Waals surface area contributed by atoms with Crippen molar-refractivity contribution in [3.8, 4) is 0 Å². The molecule has 0 aromatic heterocycles. The molecule has 0 aromatic rings. The summed E-state index contributed by atoms with van der Waals surface area (Å²) in [6, 6.07) is 0. The molecule has 3 nitrogen and oxygen atoms in total. The van der Waals surface area contributed by atoms with Gasteiger partial charge in [0.25, 0.3) is 0 Å². The first-order valence-corrected chi connectivity index (χ1v) is 9.93. The molecule has 0 aromatic carbocycles. The lowest BCUT2D eigenvalue weighted by Gasteiger charge is -1.98. The van der Waals surface area contributed by atoms with E-state index in [1.54, 1.807) is 13.0 Å². The average molecular weight is 341 g/mol. The van der Waals surface area contributed by atoms with Crippen LogP contribution in [0, 0.1) is 0 Å². The number of aliphatic carboxylic acids is 1. The van der Waals surface area contributed by atoms with Crippen LogP contribution in [-0.4, -0.2) is 16.9 Å². The van der Waals surface area contributed by atoms with E-state index in [-0.39, 0.29) is 0 Å². The lowest BCUT2D eigenvalue weighted by atomic mass is 10.1. The van der Waals surface area contributed by atoms with E-state index in [0.717, 1.165) is 25.7 Å². The minimum atomic E-state index is -0.840. The highest BCUT2D eigenvalue weighted by Crippen LogP contribution is 2.08. The molecule has 0 fully saturated rings. The van der Waals surface area contributed by atoms with E-state index in [2.05, 4.69) is 13.8 Å². The summed E-state index contributed by atoms with van der Waals surface area (Å²) in [7, 11) is 0. The molecule has 0 aliphatic heterocycles. The van der Waals surface area contributed by atoms with Gasteiger partial charge in [-0.15, -0.1) is 0 Å². The number of unbranched alkanes of at least 4 members (excludes halogenated alkanes) is 11. The summed E-state index contributed by atoms with van der Waals surface area (Å²) in [4.78, 5) is 20.6. The molecule has 0 saturated heterocycles. The second kappa shape index (κ2) is 21.9. The summed E-state index contributed by atoms with van der Waals surface area (Å²) in [6.07, 6.45) is 19.8. The van der Waals surface area contributed by atoms with Gasteiger partial charge in [-0.05, 0) is 26.2 Å². The number of ketones is 1. The molecule has 0 bridgehead atoms. The molecule has 24 heavy (non-hydrogen) atoms. The van der Waals surface area contributed by atoms with Crippen molar-refractivity contribution in [3.63, 3.8) is 0 Å². The Morgan fingerprint density at radius 3 is 1.67 bits per heavy atom. The SMILES string of the molecule is CCCCCCCC(C)=O.CCCCCCCCCC=CC(=O)O. The number of hydrogen-bond donors (Lipinski definition) is 1. The highest BCUT2D eigenvalue weighted by molar-refractivity contribution is 5.79. The zero-order chi connectivity index (χ0) is 18.5. The van der Waals surface area contributed by atoms with Crippen LogP contribution in [0.2, 0.25) is 0 Å².